The van der Waals surface area contributed by atoms with Gasteiger partial charge in [-0.1, -0.05) is 154 Å². The third-order valence-corrected chi connectivity index (χ3v) is 38.2. The van der Waals surface area contributed by atoms with Crippen molar-refractivity contribution in [2.24, 2.45) is 35.5 Å². The molecule has 3 fully saturated rings. The summed E-state index contributed by atoms with van der Waals surface area (Å²) < 4.78 is 73.7. The molecule has 11 atom stereocenters. The number of aliphatic carboxylic acids is 1. The van der Waals surface area contributed by atoms with E-state index in [1.165, 1.54) is 0 Å². The number of alkyl carbamates (subject to hydrolysis) is 5. The van der Waals surface area contributed by atoms with Crippen LogP contribution in [0.25, 0.3) is 0 Å². The molecule has 9 N–H and O–H groups in total. The Bertz CT molecular complexity index is 3450. The summed E-state index contributed by atoms with van der Waals surface area (Å²) in [6, 6.07) is 7.07. The number of alkyl halides is 1. The molecule has 0 aromatic heterocycles. The average molecular weight is 1840 g/mol. The molecule has 3 aliphatic rings. The van der Waals surface area contributed by atoms with Gasteiger partial charge in [0.05, 0.1) is 27.1 Å². The van der Waals surface area contributed by atoms with Crippen molar-refractivity contribution in [1.29, 1.82) is 0 Å². The third-order valence-electron chi connectivity index (χ3n) is 20.5. The average Bonchev–Trinajstić information content (AvgIpc) is 0.769. The van der Waals surface area contributed by atoms with E-state index in [-0.39, 0.29) is 76.2 Å². The maximum absolute atomic E-state index is 12.8. The fourth-order valence-corrected chi connectivity index (χ4v) is 17.3. The number of benzene rings is 1. The molecule has 124 heavy (non-hydrogen) atoms. The lowest BCUT2D eigenvalue weighted by Gasteiger charge is -2.42. The lowest BCUT2D eigenvalue weighted by atomic mass is 9.92. The van der Waals surface area contributed by atoms with E-state index in [0.29, 0.717) is 52.2 Å². The molecule has 3 unspecified atom stereocenters. The summed E-state index contributed by atoms with van der Waals surface area (Å²) in [5.41, 5.74) is -3.04. The Hall–Kier alpha value is -6.80. The summed E-state index contributed by atoms with van der Waals surface area (Å²) in [7, 11) is -7.90. The van der Waals surface area contributed by atoms with Crippen molar-refractivity contribution >= 4 is 99.1 Å². The number of carboxylic acids is 1. The molecule has 3 aliphatic heterocycles. The van der Waals surface area contributed by atoms with Crippen LogP contribution in [-0.4, -0.2) is 218 Å². The van der Waals surface area contributed by atoms with Gasteiger partial charge in [-0.15, -0.1) is 13.2 Å². The van der Waals surface area contributed by atoms with Crippen LogP contribution in [0.3, 0.4) is 0 Å². The Morgan fingerprint density at radius 1 is 0.500 bits per heavy atom. The minimum absolute atomic E-state index is 0. The van der Waals surface area contributed by atoms with Crippen LogP contribution in [0.1, 0.15) is 243 Å². The number of amides is 8. The van der Waals surface area contributed by atoms with E-state index >= 15 is 0 Å². The van der Waals surface area contributed by atoms with Gasteiger partial charge in [0.15, 0.2) is 25.0 Å². The molecule has 0 spiro atoms. The molecule has 722 valence electrons. The standard InChI is InChI=1S/C28H51NO5Si2.C17H34N2O4Si.C17H35NO3Si.C11H18N2O5.C11H18N2O4.C4H10.CH3F.CH4/c1-14-22(20-32-35(12,13)27(5,6)7)24(29-25(30)34-26(2,3)4)21-33-36(31-11,28(8,9)10)23-18-16-15-17-19-23;1-16(2,3)23-15(21)19-13-12(9-10-18-14(13)20)11-22-24(7,8)17(4,5)6;1-11-14(12-20-22(9,10)17(6,7)8)13(2)18-15(19)21-16(3,4)5;1-11(2,3)18-10(17)13-7-6(9(15)16)4-5-12-8(7)14;1-11(2,3)17-10(16)13-8-7(6-14)4-5-12-9(8)15;1-4(2)3;1-2;/h14-19,22,24H,1,20-21H2,2-13H3,(H,29,30);12-13H,9-11H2,1-8H3,(H,18,20)(H,19,21);11,13-14H,1,12H2,2-10H3,(H,18,19);6-7H,4-5H2,1-3H3,(H,12,14)(H,13,17)(H,15,16);6-8H,4-5H2,1-3H3,(H,12,15)(H,13,16);4H,1-3H3;1H3;1H4/t22-,24+,36?;12?,13-;13-,14?;6-,7+;7-,8-;;;/m00110.../s1/i;;;;;;1D;. The normalized spacial score (nSPS) is 19.4. The first-order valence-electron chi connectivity index (χ1n) is 43.4. The minimum atomic E-state index is -2.91. The Morgan fingerprint density at radius 2 is 0.831 bits per heavy atom. The van der Waals surface area contributed by atoms with Gasteiger partial charge in [0.2, 0.25) is 17.7 Å². The van der Waals surface area contributed by atoms with E-state index in [2.05, 4.69) is 211 Å². The number of nitrogens with one attached hydrogen (secondary N) is 8. The van der Waals surface area contributed by atoms with Crippen molar-refractivity contribution in [3.63, 3.8) is 0 Å². The van der Waals surface area contributed by atoms with Crippen LogP contribution < -0.4 is 47.7 Å². The third kappa shape index (κ3) is 48.9. The fourth-order valence-electron chi connectivity index (χ4n) is 10.7. The molecule has 3 heterocycles. The zero-order valence-corrected chi connectivity index (χ0v) is 86.7. The van der Waals surface area contributed by atoms with Crippen molar-refractivity contribution in [3.8, 4) is 0 Å². The van der Waals surface area contributed by atoms with Gasteiger partial charge in [0.25, 0.3) is 0 Å². The summed E-state index contributed by atoms with van der Waals surface area (Å²) in [5.74, 6) is -2.86. The number of piperidine rings is 3. The van der Waals surface area contributed by atoms with Gasteiger partial charge in [-0.2, -0.15) is 0 Å². The molecule has 1 aromatic rings. The van der Waals surface area contributed by atoms with Gasteiger partial charge < -0.3 is 98.2 Å². The van der Waals surface area contributed by atoms with Gasteiger partial charge in [-0.05, 0) is 196 Å². The first-order chi connectivity index (χ1) is 55.9. The number of ether oxygens (including phenoxy) is 5. The minimum Gasteiger partial charge on any atom is -0.481 e. The summed E-state index contributed by atoms with van der Waals surface area (Å²) in [6.07, 6.45) is 3.01. The van der Waals surface area contributed by atoms with Crippen LogP contribution in [0.5, 0.6) is 0 Å². The van der Waals surface area contributed by atoms with Gasteiger partial charge in [-0.3, -0.25) is 23.6 Å². The van der Waals surface area contributed by atoms with Gasteiger partial charge in [0, 0.05) is 81.3 Å². The smallest absolute Gasteiger partial charge is 0.408 e. The number of hydrogen-bond donors (Lipinski definition) is 9. The molecule has 29 nitrogen and oxygen atoms in total. The Kier molecular flexibility index (Phi) is 52.1. The second-order valence-electron chi connectivity index (χ2n) is 42.3. The van der Waals surface area contributed by atoms with Crippen LogP contribution in [0.4, 0.5) is 28.4 Å². The van der Waals surface area contributed by atoms with Crippen molar-refractivity contribution in [3.05, 3.63) is 55.6 Å². The topological polar surface area (TPSA) is 379 Å². The largest absolute Gasteiger partial charge is 0.481 e. The van der Waals surface area contributed by atoms with E-state index < -0.39 is 147 Å². The number of aldehydes is 1. The molecular formula is C90H173FN8O21Si4. The lowest BCUT2D eigenvalue weighted by Crippen LogP contribution is -2.61. The highest BCUT2D eigenvalue weighted by Gasteiger charge is 2.52. The maximum atomic E-state index is 12.8. The number of carboxylic acid groups (broad SMARTS) is 1. The zero-order chi connectivity index (χ0) is 97.8. The number of halogens is 1. The molecule has 8 amide bonds. The molecular weight excluding hydrogens is 1660 g/mol. The highest BCUT2D eigenvalue weighted by molar-refractivity contribution is 6.83. The monoisotopic (exact) mass is 1830 g/mol. The van der Waals surface area contributed by atoms with E-state index in [1.807, 2.05) is 78.8 Å². The predicted octanol–water partition coefficient (Wildman–Crippen LogP) is 17.5. The number of rotatable bonds is 25. The number of carbonyl (C=O) groups is 10. The molecule has 0 bridgehead atoms. The van der Waals surface area contributed by atoms with E-state index in [4.69, 9.17) is 52.3 Å². The van der Waals surface area contributed by atoms with E-state index in [9.17, 15) is 52.3 Å². The predicted molar refractivity (Wildman–Crippen MR) is 504 cm³/mol. The fraction of sp³-hybridized carbons (Fsp3) is 0.778. The Labute approximate surface area is 752 Å². The highest BCUT2D eigenvalue weighted by Crippen LogP contribution is 2.41. The van der Waals surface area contributed by atoms with Crippen molar-refractivity contribution in [2.45, 2.75) is 359 Å². The van der Waals surface area contributed by atoms with Crippen LogP contribution in [-0.2, 0) is 69.8 Å². The first-order valence-corrected chi connectivity index (χ1v) is 53.2. The summed E-state index contributed by atoms with van der Waals surface area (Å²) in [6.45, 7) is 85.7. The van der Waals surface area contributed by atoms with Gasteiger partial charge >= 0.3 is 45.0 Å². The van der Waals surface area contributed by atoms with Gasteiger partial charge in [-0.25, -0.2) is 24.0 Å². The van der Waals surface area contributed by atoms with E-state index in [0.717, 1.165) is 17.5 Å². The molecule has 0 radical (unpaired) electrons. The summed E-state index contributed by atoms with van der Waals surface area (Å²) in [4.78, 5) is 117. The lowest BCUT2D eigenvalue weighted by molar-refractivity contribution is -0.147. The number of carbonyl (C=O) groups excluding carboxylic acids is 9. The molecule has 4 rings (SSSR count). The Morgan fingerprint density at radius 3 is 1.19 bits per heavy atom. The maximum Gasteiger partial charge on any atom is 0.408 e. The van der Waals surface area contributed by atoms with Gasteiger partial charge in [0.1, 0.15) is 52.4 Å². The first kappa shape index (κ1) is 121. The summed E-state index contributed by atoms with van der Waals surface area (Å²) >= 11 is 0. The SMILES string of the molecule is C.C=CC(CO[Si](C)(C)C(C)(C)C)[C@@H](C)NC(=O)OC(C)(C)C.C=C[C@@H](CO[Si](C)(C)C(C)(C)C)[C@@H](CO[Si](OC)(c1ccccc1)C(C)(C)C)NC(=O)OC(C)(C)C.CC(C)(C)OC(=O)N[C@@H]1C(=O)NCCC1CO[Si](C)(C)C(C)(C)C.CC(C)(C)OC(=O)N[C@@H]1C(=O)NCC[C@H]1C(=O)O.CC(C)(C)OC(=O)N[C@@H]1C(=O)NCC[C@H]1C=O.CC(C)C.[2H]CF. The van der Waals surface area contributed by atoms with E-state index in [1.54, 1.807) is 69.4 Å². The second-order valence-corrected chi connectivity index (χ2v) is 60.7. The second kappa shape index (κ2) is 53.2. The van der Waals surface area contributed by atoms with Crippen LogP contribution in [0.2, 0.25) is 59.4 Å². The zero-order valence-electron chi connectivity index (χ0n) is 83.7. The van der Waals surface area contributed by atoms with Crippen LogP contribution in [0.15, 0.2) is 55.6 Å². The molecule has 1 aromatic carbocycles. The van der Waals surface area contributed by atoms with Crippen molar-refractivity contribution < 1.29 is 105 Å². The van der Waals surface area contributed by atoms with Crippen LogP contribution in [0, 0.1) is 35.5 Å². The molecule has 0 aliphatic carbocycles. The Balaban J connectivity index is -0.000000734. The molecule has 34 heteroatoms. The van der Waals surface area contributed by atoms with Crippen molar-refractivity contribution in [2.75, 3.05) is 60.3 Å². The quantitative estimate of drug-likeness (QED) is 0.0190. The summed E-state index contributed by atoms with van der Waals surface area (Å²) in [5, 5.41) is 31.4. The molecule has 0 saturated carbocycles. The van der Waals surface area contributed by atoms with Crippen LogP contribution >= 0.6 is 0 Å². The number of hydrogen-bond acceptors (Lipinski definition) is 20. The van der Waals surface area contributed by atoms with Crippen molar-refractivity contribution in [1.82, 2.24) is 42.5 Å². The highest BCUT2D eigenvalue weighted by atomic mass is 28.4. The molecule has 3 saturated heterocycles.